The van der Waals surface area contributed by atoms with E-state index in [1.165, 1.54) is 0 Å². The highest BCUT2D eigenvalue weighted by Gasteiger charge is 2.29. The van der Waals surface area contributed by atoms with Crippen LogP contribution in [-0.2, 0) is 4.79 Å². The summed E-state index contributed by atoms with van der Waals surface area (Å²) in [5, 5.41) is 12.2. The van der Waals surface area contributed by atoms with Crippen LogP contribution in [0.5, 0.6) is 0 Å². The molecule has 4 nitrogen and oxygen atoms in total. The quantitative estimate of drug-likeness (QED) is 0.708. The van der Waals surface area contributed by atoms with E-state index in [0.717, 1.165) is 6.42 Å². The average Bonchev–Trinajstić information content (AvgIpc) is 2.26. The molecule has 0 aliphatic carbocycles. The molecule has 0 fully saturated rings. The monoisotopic (exact) mass is 244 g/mol. The maximum absolute atomic E-state index is 11.9. The molecule has 0 aromatic heterocycles. The molecular formula is C13H28N2O2. The van der Waals surface area contributed by atoms with Crippen molar-refractivity contribution >= 4 is 5.91 Å². The van der Waals surface area contributed by atoms with E-state index in [9.17, 15) is 9.90 Å². The summed E-state index contributed by atoms with van der Waals surface area (Å²) in [7, 11) is 1.86. The molecule has 0 bridgehead atoms. The Morgan fingerprint density at radius 2 is 1.88 bits per heavy atom. The first kappa shape index (κ1) is 16.4. The van der Waals surface area contributed by atoms with Gasteiger partial charge in [0, 0.05) is 12.1 Å². The minimum absolute atomic E-state index is 0.0228. The van der Waals surface area contributed by atoms with Crippen molar-refractivity contribution in [3.63, 3.8) is 0 Å². The minimum Gasteiger partial charge on any atom is -0.394 e. The second-order valence-electron chi connectivity index (χ2n) is 5.73. The van der Waals surface area contributed by atoms with Crippen LogP contribution in [0, 0.1) is 5.92 Å². The van der Waals surface area contributed by atoms with Gasteiger partial charge in [0.05, 0.1) is 12.6 Å². The van der Waals surface area contributed by atoms with E-state index in [4.69, 9.17) is 0 Å². The van der Waals surface area contributed by atoms with Gasteiger partial charge in [0.15, 0.2) is 0 Å². The van der Waals surface area contributed by atoms with Gasteiger partial charge in [-0.1, -0.05) is 13.8 Å². The SMILES string of the molecule is CC(C)CCNC(=O)C(C)N(C)C(C)(C)CO. The fourth-order valence-electron chi connectivity index (χ4n) is 1.44. The van der Waals surface area contributed by atoms with E-state index in [0.29, 0.717) is 12.5 Å². The van der Waals surface area contributed by atoms with Gasteiger partial charge >= 0.3 is 0 Å². The summed E-state index contributed by atoms with van der Waals surface area (Å²) in [5.74, 6) is 0.617. The normalized spacial score (nSPS) is 14.2. The predicted octanol–water partition coefficient (Wildman–Crippen LogP) is 1.24. The van der Waals surface area contributed by atoms with Gasteiger partial charge in [0.25, 0.3) is 0 Å². The number of nitrogens with zero attached hydrogens (tertiary/aromatic N) is 1. The Balaban J connectivity index is 4.21. The number of amides is 1. The van der Waals surface area contributed by atoms with Crippen LogP contribution < -0.4 is 5.32 Å². The smallest absolute Gasteiger partial charge is 0.237 e. The number of nitrogens with one attached hydrogen (secondary N) is 1. The molecule has 0 aliphatic heterocycles. The highest BCUT2D eigenvalue weighted by Crippen LogP contribution is 2.14. The molecular weight excluding hydrogens is 216 g/mol. The Morgan fingerprint density at radius 3 is 2.29 bits per heavy atom. The number of hydrogen-bond acceptors (Lipinski definition) is 3. The van der Waals surface area contributed by atoms with Crippen LogP contribution in [0.1, 0.15) is 41.0 Å². The lowest BCUT2D eigenvalue weighted by Gasteiger charge is -2.37. The van der Waals surface area contributed by atoms with Crippen LogP contribution in [0.15, 0.2) is 0 Å². The van der Waals surface area contributed by atoms with Crippen LogP contribution >= 0.6 is 0 Å². The number of rotatable bonds is 7. The Kier molecular flexibility index (Phi) is 6.72. The average molecular weight is 244 g/mol. The standard InChI is InChI=1S/C13H28N2O2/c1-10(2)7-8-14-12(17)11(3)15(6)13(4,5)9-16/h10-11,16H,7-9H2,1-6H3,(H,14,17). The molecule has 0 heterocycles. The molecule has 1 unspecified atom stereocenters. The second kappa shape index (κ2) is 6.97. The zero-order valence-electron chi connectivity index (χ0n) is 12.1. The molecule has 0 saturated heterocycles. The van der Waals surface area contributed by atoms with Crippen molar-refractivity contribution in [3.05, 3.63) is 0 Å². The number of carbonyl (C=O) groups excluding carboxylic acids is 1. The van der Waals surface area contributed by atoms with Crippen LogP contribution in [-0.4, -0.2) is 47.7 Å². The van der Waals surface area contributed by atoms with E-state index in [-0.39, 0.29) is 24.1 Å². The predicted molar refractivity (Wildman–Crippen MR) is 70.9 cm³/mol. The topological polar surface area (TPSA) is 52.6 Å². The fraction of sp³-hybridized carbons (Fsp3) is 0.923. The maximum Gasteiger partial charge on any atom is 0.237 e. The van der Waals surface area contributed by atoms with Gasteiger partial charge in [0.1, 0.15) is 0 Å². The van der Waals surface area contributed by atoms with Gasteiger partial charge in [-0.25, -0.2) is 0 Å². The van der Waals surface area contributed by atoms with E-state index >= 15 is 0 Å². The highest BCUT2D eigenvalue weighted by molar-refractivity contribution is 5.81. The lowest BCUT2D eigenvalue weighted by Crippen LogP contribution is -2.54. The summed E-state index contributed by atoms with van der Waals surface area (Å²) < 4.78 is 0. The van der Waals surface area contributed by atoms with Crippen LogP contribution in [0.25, 0.3) is 0 Å². The molecule has 1 atom stereocenters. The van der Waals surface area contributed by atoms with Crippen molar-refractivity contribution in [2.75, 3.05) is 20.2 Å². The molecule has 0 aromatic carbocycles. The van der Waals surface area contributed by atoms with Gasteiger partial charge in [-0.15, -0.1) is 0 Å². The number of likely N-dealkylation sites (N-methyl/N-ethyl adjacent to an activating group) is 1. The Morgan fingerprint density at radius 1 is 1.35 bits per heavy atom. The number of aliphatic hydroxyl groups excluding tert-OH is 1. The van der Waals surface area contributed by atoms with Gasteiger partial charge in [-0.05, 0) is 40.2 Å². The second-order valence-corrected chi connectivity index (χ2v) is 5.73. The molecule has 0 radical (unpaired) electrons. The molecule has 0 rings (SSSR count). The molecule has 0 aromatic rings. The molecule has 0 spiro atoms. The van der Waals surface area contributed by atoms with Crippen molar-refractivity contribution in [2.45, 2.75) is 52.6 Å². The van der Waals surface area contributed by atoms with Crippen molar-refractivity contribution in [2.24, 2.45) is 5.92 Å². The highest BCUT2D eigenvalue weighted by atomic mass is 16.3. The third-order valence-corrected chi connectivity index (χ3v) is 3.32. The summed E-state index contributed by atoms with van der Waals surface area (Å²) >= 11 is 0. The molecule has 17 heavy (non-hydrogen) atoms. The third-order valence-electron chi connectivity index (χ3n) is 3.32. The number of aliphatic hydroxyl groups is 1. The van der Waals surface area contributed by atoms with Crippen molar-refractivity contribution in [1.29, 1.82) is 0 Å². The van der Waals surface area contributed by atoms with E-state index < -0.39 is 0 Å². The Hall–Kier alpha value is -0.610. The molecule has 2 N–H and O–H groups in total. The Bertz CT molecular complexity index is 240. The van der Waals surface area contributed by atoms with E-state index in [1.54, 1.807) is 0 Å². The first-order valence-electron chi connectivity index (χ1n) is 6.34. The van der Waals surface area contributed by atoms with Gasteiger partial charge in [-0.2, -0.15) is 0 Å². The van der Waals surface area contributed by atoms with Gasteiger partial charge < -0.3 is 10.4 Å². The zero-order valence-corrected chi connectivity index (χ0v) is 12.1. The van der Waals surface area contributed by atoms with Gasteiger partial charge in [0.2, 0.25) is 5.91 Å². The van der Waals surface area contributed by atoms with Crippen molar-refractivity contribution in [3.8, 4) is 0 Å². The molecule has 0 aliphatic rings. The largest absolute Gasteiger partial charge is 0.394 e. The van der Waals surface area contributed by atoms with Crippen LogP contribution in [0.2, 0.25) is 0 Å². The van der Waals surface area contributed by atoms with E-state index in [1.807, 2.05) is 32.7 Å². The zero-order chi connectivity index (χ0) is 13.6. The first-order chi connectivity index (χ1) is 7.72. The molecule has 102 valence electrons. The molecule has 4 heteroatoms. The van der Waals surface area contributed by atoms with Crippen molar-refractivity contribution < 1.29 is 9.90 Å². The molecule has 0 saturated carbocycles. The van der Waals surface area contributed by atoms with Crippen LogP contribution in [0.3, 0.4) is 0 Å². The fourth-order valence-corrected chi connectivity index (χ4v) is 1.44. The Labute approximate surface area is 105 Å². The van der Waals surface area contributed by atoms with Crippen LogP contribution in [0.4, 0.5) is 0 Å². The summed E-state index contributed by atoms with van der Waals surface area (Å²) in [6, 6.07) is -0.232. The van der Waals surface area contributed by atoms with Gasteiger partial charge in [-0.3, -0.25) is 9.69 Å². The summed E-state index contributed by atoms with van der Waals surface area (Å²) in [6.45, 7) is 10.7. The summed E-state index contributed by atoms with van der Waals surface area (Å²) in [5.41, 5.74) is -0.380. The lowest BCUT2D eigenvalue weighted by atomic mass is 10.0. The number of carbonyl (C=O) groups is 1. The maximum atomic E-state index is 11.9. The lowest BCUT2D eigenvalue weighted by molar-refractivity contribution is -0.127. The molecule has 1 amide bonds. The summed E-state index contributed by atoms with van der Waals surface area (Å²) in [4.78, 5) is 13.8. The first-order valence-corrected chi connectivity index (χ1v) is 6.34. The van der Waals surface area contributed by atoms with E-state index in [2.05, 4.69) is 19.2 Å². The third kappa shape index (κ3) is 5.50. The number of hydrogen-bond donors (Lipinski definition) is 2. The summed E-state index contributed by atoms with van der Waals surface area (Å²) in [6.07, 6.45) is 0.992. The van der Waals surface area contributed by atoms with Crippen molar-refractivity contribution in [1.82, 2.24) is 10.2 Å². The minimum atomic E-state index is -0.380.